The van der Waals surface area contributed by atoms with E-state index in [2.05, 4.69) is 44.8 Å². The third-order valence-electron chi connectivity index (χ3n) is 3.84. The minimum atomic E-state index is 0.0167. The van der Waals surface area contributed by atoms with Crippen LogP contribution in [0.5, 0.6) is 0 Å². The van der Waals surface area contributed by atoms with Crippen LogP contribution in [0.3, 0.4) is 0 Å². The van der Waals surface area contributed by atoms with Crippen LogP contribution in [0.15, 0.2) is 36.7 Å². The number of aromatic nitrogens is 1. The van der Waals surface area contributed by atoms with E-state index in [4.69, 9.17) is 5.73 Å². The zero-order valence-corrected chi connectivity index (χ0v) is 12.1. The van der Waals surface area contributed by atoms with Crippen molar-refractivity contribution in [3.8, 4) is 0 Å². The maximum absolute atomic E-state index is 6.50. The molecule has 1 heterocycles. The highest BCUT2D eigenvalue weighted by molar-refractivity contribution is 5.41. The Hall–Kier alpha value is -1.67. The first-order valence-corrected chi connectivity index (χ1v) is 6.74. The minimum Gasteiger partial charge on any atom is -0.323 e. The topological polar surface area (TPSA) is 38.9 Å². The predicted molar refractivity (Wildman–Crippen MR) is 80.2 cm³/mol. The summed E-state index contributed by atoms with van der Waals surface area (Å²) < 4.78 is 0. The van der Waals surface area contributed by atoms with Gasteiger partial charge in [-0.05, 0) is 55.2 Å². The van der Waals surface area contributed by atoms with Crippen LogP contribution in [0.2, 0.25) is 0 Å². The summed E-state index contributed by atoms with van der Waals surface area (Å²) in [6.07, 6.45) is 3.65. The van der Waals surface area contributed by atoms with Crippen molar-refractivity contribution in [2.24, 2.45) is 5.73 Å². The summed E-state index contributed by atoms with van der Waals surface area (Å²) in [7, 11) is 0. The van der Waals surface area contributed by atoms with Gasteiger partial charge in [0.2, 0.25) is 0 Å². The summed E-state index contributed by atoms with van der Waals surface area (Å²) in [5.41, 5.74) is 12.9. The second kappa shape index (κ2) is 5.54. The molecule has 2 aromatic rings. The van der Waals surface area contributed by atoms with Gasteiger partial charge < -0.3 is 5.73 Å². The zero-order chi connectivity index (χ0) is 14.0. The number of hydrogen-bond donors (Lipinski definition) is 1. The SMILES string of the molecule is Cc1cc(C)c(C(N)C(C)c2ccncc2)c(C)c1. The lowest BCUT2D eigenvalue weighted by atomic mass is 9.85. The van der Waals surface area contributed by atoms with Crippen molar-refractivity contribution in [1.82, 2.24) is 4.98 Å². The molecule has 0 aliphatic rings. The fourth-order valence-corrected chi connectivity index (χ4v) is 2.84. The lowest BCUT2D eigenvalue weighted by molar-refractivity contribution is 0.591. The van der Waals surface area contributed by atoms with E-state index in [0.29, 0.717) is 0 Å². The zero-order valence-electron chi connectivity index (χ0n) is 12.1. The van der Waals surface area contributed by atoms with Crippen molar-refractivity contribution in [3.05, 3.63) is 64.5 Å². The first-order valence-electron chi connectivity index (χ1n) is 6.74. The van der Waals surface area contributed by atoms with Crippen molar-refractivity contribution in [2.75, 3.05) is 0 Å². The van der Waals surface area contributed by atoms with Gasteiger partial charge in [0, 0.05) is 24.4 Å². The molecule has 0 saturated heterocycles. The average molecular weight is 254 g/mol. The molecular weight excluding hydrogens is 232 g/mol. The van der Waals surface area contributed by atoms with Crippen molar-refractivity contribution < 1.29 is 0 Å². The van der Waals surface area contributed by atoms with Gasteiger partial charge in [0.1, 0.15) is 0 Å². The van der Waals surface area contributed by atoms with E-state index in [-0.39, 0.29) is 12.0 Å². The largest absolute Gasteiger partial charge is 0.323 e. The Morgan fingerprint density at radius 3 is 2.05 bits per heavy atom. The van der Waals surface area contributed by atoms with Crippen LogP contribution in [0.1, 0.15) is 46.7 Å². The van der Waals surface area contributed by atoms with Crippen molar-refractivity contribution in [2.45, 2.75) is 39.7 Å². The number of pyridine rings is 1. The summed E-state index contributed by atoms with van der Waals surface area (Å²) in [6, 6.07) is 8.53. The van der Waals surface area contributed by atoms with Crippen LogP contribution in [0, 0.1) is 20.8 Å². The molecule has 19 heavy (non-hydrogen) atoms. The molecule has 0 amide bonds. The molecule has 1 aromatic heterocycles. The summed E-state index contributed by atoms with van der Waals surface area (Å²) in [5, 5.41) is 0. The molecule has 100 valence electrons. The highest BCUT2D eigenvalue weighted by Gasteiger charge is 2.20. The molecule has 0 spiro atoms. The van der Waals surface area contributed by atoms with Crippen LogP contribution >= 0.6 is 0 Å². The monoisotopic (exact) mass is 254 g/mol. The number of benzene rings is 1. The predicted octanol–water partition coefficient (Wildman–Crippen LogP) is 3.81. The third kappa shape index (κ3) is 2.85. The highest BCUT2D eigenvalue weighted by atomic mass is 14.7. The van der Waals surface area contributed by atoms with E-state index in [1.54, 1.807) is 0 Å². The number of hydrogen-bond acceptors (Lipinski definition) is 2. The van der Waals surface area contributed by atoms with Gasteiger partial charge >= 0.3 is 0 Å². The molecule has 1 aromatic carbocycles. The first kappa shape index (κ1) is 13.8. The first-order chi connectivity index (χ1) is 9.00. The number of nitrogens with zero attached hydrogens (tertiary/aromatic N) is 1. The standard InChI is InChI=1S/C17H22N2/c1-11-9-12(2)16(13(3)10-11)17(18)14(4)15-5-7-19-8-6-15/h5-10,14,17H,18H2,1-4H3. The molecule has 0 radical (unpaired) electrons. The molecule has 0 aliphatic carbocycles. The van der Waals surface area contributed by atoms with E-state index in [0.717, 1.165) is 0 Å². The Bertz CT molecular complexity index is 538. The van der Waals surface area contributed by atoms with Crippen molar-refractivity contribution >= 4 is 0 Å². The van der Waals surface area contributed by atoms with Crippen molar-refractivity contribution in [1.29, 1.82) is 0 Å². The smallest absolute Gasteiger partial charge is 0.0367 e. The van der Waals surface area contributed by atoms with E-state index in [9.17, 15) is 0 Å². The Morgan fingerprint density at radius 2 is 1.53 bits per heavy atom. The summed E-state index contributed by atoms with van der Waals surface area (Å²) in [4.78, 5) is 4.07. The fraction of sp³-hybridized carbons (Fsp3) is 0.353. The minimum absolute atomic E-state index is 0.0167. The van der Waals surface area contributed by atoms with Crippen LogP contribution < -0.4 is 5.73 Å². The molecule has 2 rings (SSSR count). The highest BCUT2D eigenvalue weighted by Crippen LogP contribution is 2.32. The van der Waals surface area contributed by atoms with E-state index < -0.39 is 0 Å². The quantitative estimate of drug-likeness (QED) is 0.904. The lowest BCUT2D eigenvalue weighted by Gasteiger charge is -2.24. The Morgan fingerprint density at radius 1 is 1.00 bits per heavy atom. The van der Waals surface area contributed by atoms with Crippen LogP contribution in [0.25, 0.3) is 0 Å². The lowest BCUT2D eigenvalue weighted by Crippen LogP contribution is -2.20. The van der Waals surface area contributed by atoms with Gasteiger partial charge in [-0.1, -0.05) is 24.6 Å². The van der Waals surface area contributed by atoms with Gasteiger partial charge in [0.15, 0.2) is 0 Å². The Labute approximate surface area is 115 Å². The van der Waals surface area contributed by atoms with E-state index in [1.165, 1.54) is 27.8 Å². The summed E-state index contributed by atoms with van der Waals surface area (Å²) >= 11 is 0. The van der Waals surface area contributed by atoms with Gasteiger partial charge in [-0.15, -0.1) is 0 Å². The van der Waals surface area contributed by atoms with E-state index in [1.807, 2.05) is 24.5 Å². The number of aryl methyl sites for hydroxylation is 3. The molecule has 0 saturated carbocycles. The van der Waals surface area contributed by atoms with Gasteiger partial charge in [-0.3, -0.25) is 4.98 Å². The van der Waals surface area contributed by atoms with E-state index >= 15 is 0 Å². The maximum Gasteiger partial charge on any atom is 0.0367 e. The average Bonchev–Trinajstić information content (AvgIpc) is 2.37. The van der Waals surface area contributed by atoms with Gasteiger partial charge in [-0.25, -0.2) is 0 Å². The Kier molecular flexibility index (Phi) is 4.01. The summed E-state index contributed by atoms with van der Waals surface area (Å²) in [5.74, 6) is 0.281. The Balaban J connectivity index is 2.37. The van der Waals surface area contributed by atoms with Crippen LogP contribution in [-0.2, 0) is 0 Å². The second-order valence-corrected chi connectivity index (χ2v) is 5.41. The molecular formula is C17H22N2. The molecule has 2 nitrogen and oxygen atoms in total. The molecule has 2 N–H and O–H groups in total. The van der Waals surface area contributed by atoms with Crippen LogP contribution in [-0.4, -0.2) is 4.98 Å². The van der Waals surface area contributed by atoms with Gasteiger partial charge in [-0.2, -0.15) is 0 Å². The molecule has 2 heteroatoms. The number of nitrogens with two attached hydrogens (primary N) is 1. The van der Waals surface area contributed by atoms with Crippen LogP contribution in [0.4, 0.5) is 0 Å². The van der Waals surface area contributed by atoms with Gasteiger partial charge in [0.25, 0.3) is 0 Å². The normalized spacial score (nSPS) is 14.2. The number of rotatable bonds is 3. The molecule has 2 unspecified atom stereocenters. The van der Waals surface area contributed by atoms with Crippen molar-refractivity contribution in [3.63, 3.8) is 0 Å². The maximum atomic E-state index is 6.50. The molecule has 0 fully saturated rings. The summed E-state index contributed by atoms with van der Waals surface area (Å²) in [6.45, 7) is 8.60. The van der Waals surface area contributed by atoms with Gasteiger partial charge in [0.05, 0.1) is 0 Å². The fourth-order valence-electron chi connectivity index (χ4n) is 2.84. The molecule has 0 aliphatic heterocycles. The molecule has 2 atom stereocenters. The second-order valence-electron chi connectivity index (χ2n) is 5.41. The third-order valence-corrected chi connectivity index (χ3v) is 3.84. The molecule has 0 bridgehead atoms.